The first-order valence-electron chi connectivity index (χ1n) is 10.1. The number of imide groups is 1. The first-order valence-corrected chi connectivity index (χ1v) is 11.3. The van der Waals surface area contributed by atoms with Crippen molar-refractivity contribution in [3.63, 3.8) is 0 Å². The van der Waals surface area contributed by atoms with Gasteiger partial charge in [0.05, 0.1) is 28.5 Å². The summed E-state index contributed by atoms with van der Waals surface area (Å²) in [6, 6.07) is 12.9. The van der Waals surface area contributed by atoms with Crippen LogP contribution in [0.1, 0.15) is 37.0 Å². The van der Waals surface area contributed by atoms with Crippen LogP contribution in [-0.2, 0) is 17.8 Å². The van der Waals surface area contributed by atoms with E-state index in [0.29, 0.717) is 41.7 Å². The quantitative estimate of drug-likeness (QED) is 0.513. The minimum atomic E-state index is -0.473. The van der Waals surface area contributed by atoms with Crippen LogP contribution in [0, 0.1) is 11.3 Å². The lowest BCUT2D eigenvalue weighted by atomic mass is 10.1. The molecule has 0 N–H and O–H groups in total. The largest absolute Gasteiger partial charge is 0.490 e. The summed E-state index contributed by atoms with van der Waals surface area (Å²) >= 11 is 7.55. The van der Waals surface area contributed by atoms with Crippen LogP contribution in [0.5, 0.6) is 11.5 Å². The number of nitriles is 1. The molecule has 2 aromatic carbocycles. The molecule has 31 heavy (non-hydrogen) atoms. The molecule has 0 saturated carbocycles. The Morgan fingerprint density at radius 1 is 1.19 bits per heavy atom. The minimum Gasteiger partial charge on any atom is -0.490 e. The monoisotopic (exact) mass is 458 g/mol. The van der Waals surface area contributed by atoms with Crippen molar-refractivity contribution in [1.29, 1.82) is 5.26 Å². The summed E-state index contributed by atoms with van der Waals surface area (Å²) in [6.45, 7) is 4.79. The fourth-order valence-electron chi connectivity index (χ4n) is 3.32. The molecule has 0 unspecified atom stereocenters. The Bertz CT molecular complexity index is 1020. The van der Waals surface area contributed by atoms with Crippen LogP contribution in [0.15, 0.2) is 36.4 Å². The summed E-state index contributed by atoms with van der Waals surface area (Å²) in [4.78, 5) is 26.0. The Hall–Kier alpha value is -2.69. The Labute approximate surface area is 191 Å². The second-order valence-corrected chi connectivity index (χ2v) is 8.52. The molecule has 0 spiro atoms. The van der Waals surface area contributed by atoms with Crippen molar-refractivity contribution in [3.05, 3.63) is 58.1 Å². The van der Waals surface area contributed by atoms with E-state index in [9.17, 15) is 14.9 Å². The topological polar surface area (TPSA) is 79.6 Å². The van der Waals surface area contributed by atoms with Crippen LogP contribution in [0.3, 0.4) is 0 Å². The number of amides is 2. The van der Waals surface area contributed by atoms with Crippen LogP contribution >= 0.6 is 23.4 Å². The van der Waals surface area contributed by atoms with Gasteiger partial charge in [-0.15, -0.1) is 0 Å². The number of carbonyl (C=O) groups is 2. The van der Waals surface area contributed by atoms with Gasteiger partial charge in [-0.1, -0.05) is 48.5 Å². The van der Waals surface area contributed by atoms with Crippen LogP contribution < -0.4 is 9.47 Å². The van der Waals surface area contributed by atoms with Crippen LogP contribution in [-0.4, -0.2) is 34.4 Å². The number of hydrogen-bond acceptors (Lipinski definition) is 6. The van der Waals surface area contributed by atoms with Gasteiger partial charge < -0.3 is 9.47 Å². The third-order valence-electron chi connectivity index (χ3n) is 4.75. The number of ether oxygens (including phenoxy) is 2. The highest BCUT2D eigenvalue weighted by Crippen LogP contribution is 2.39. The van der Waals surface area contributed by atoms with Gasteiger partial charge >= 0.3 is 0 Å². The van der Waals surface area contributed by atoms with E-state index in [-0.39, 0.29) is 17.8 Å². The van der Waals surface area contributed by atoms with Crippen molar-refractivity contribution in [2.45, 2.75) is 38.5 Å². The van der Waals surface area contributed by atoms with Crippen molar-refractivity contribution < 1.29 is 19.1 Å². The molecule has 2 aromatic rings. The van der Waals surface area contributed by atoms with E-state index in [0.717, 1.165) is 29.3 Å². The molecule has 0 bridgehead atoms. The van der Waals surface area contributed by atoms with E-state index in [1.807, 2.05) is 26.0 Å². The highest BCUT2D eigenvalue weighted by atomic mass is 35.5. The van der Waals surface area contributed by atoms with Crippen LogP contribution in [0.2, 0.25) is 5.02 Å². The van der Waals surface area contributed by atoms with Crippen molar-refractivity contribution >= 4 is 34.5 Å². The molecule has 0 radical (unpaired) electrons. The molecule has 162 valence electrons. The van der Waals surface area contributed by atoms with E-state index in [1.165, 1.54) is 4.90 Å². The molecule has 1 aliphatic rings. The molecule has 1 aliphatic heterocycles. The molecule has 1 heterocycles. The number of hydrogen-bond donors (Lipinski definition) is 0. The van der Waals surface area contributed by atoms with Gasteiger partial charge in [0.15, 0.2) is 11.5 Å². The van der Waals surface area contributed by atoms with E-state index in [2.05, 4.69) is 6.07 Å². The molecule has 3 rings (SSSR count). The number of rotatable bonds is 9. The molecule has 6 nitrogen and oxygen atoms in total. The van der Waals surface area contributed by atoms with Gasteiger partial charge in [0.25, 0.3) is 5.24 Å². The second kappa shape index (κ2) is 10.6. The first kappa shape index (κ1) is 23.0. The zero-order valence-corrected chi connectivity index (χ0v) is 19.0. The Balaban J connectivity index is 1.80. The summed E-state index contributed by atoms with van der Waals surface area (Å²) in [7, 11) is 0. The summed E-state index contributed by atoms with van der Waals surface area (Å²) in [5.41, 5.74) is 2.07. The lowest BCUT2D eigenvalue weighted by molar-refractivity contribution is -0.126. The Morgan fingerprint density at radius 3 is 2.68 bits per heavy atom. The third-order valence-corrected chi connectivity index (χ3v) is 6.11. The van der Waals surface area contributed by atoms with Crippen LogP contribution in [0.4, 0.5) is 4.79 Å². The second-order valence-electron chi connectivity index (χ2n) is 6.96. The van der Waals surface area contributed by atoms with Crippen molar-refractivity contribution in [2.75, 3.05) is 13.2 Å². The number of nitrogens with zero attached hydrogens (tertiary/aromatic N) is 2. The lowest BCUT2D eigenvalue weighted by Gasteiger charge is -2.17. The van der Waals surface area contributed by atoms with Crippen molar-refractivity contribution in [2.24, 2.45) is 0 Å². The van der Waals surface area contributed by atoms with Crippen molar-refractivity contribution in [3.8, 4) is 17.6 Å². The molecular formula is C23H23ClN2O4S. The van der Waals surface area contributed by atoms with Gasteiger partial charge in [-0.25, -0.2) is 0 Å². The fraction of sp³-hybridized carbons (Fsp3) is 0.348. The van der Waals surface area contributed by atoms with Crippen molar-refractivity contribution in [1.82, 2.24) is 4.90 Å². The fourth-order valence-corrected chi connectivity index (χ4v) is 4.66. The van der Waals surface area contributed by atoms with Gasteiger partial charge in [-0.05, 0) is 43.5 Å². The molecule has 8 heteroatoms. The highest BCUT2D eigenvalue weighted by molar-refractivity contribution is 8.15. The number of benzene rings is 2. The van der Waals surface area contributed by atoms with Gasteiger partial charge in [0.1, 0.15) is 6.61 Å². The molecule has 0 aromatic heterocycles. The lowest BCUT2D eigenvalue weighted by Crippen LogP contribution is -2.32. The van der Waals surface area contributed by atoms with E-state index in [1.54, 1.807) is 24.3 Å². The number of thioether (sulfide) groups is 1. The highest BCUT2D eigenvalue weighted by Gasteiger charge is 2.39. The minimum absolute atomic E-state index is 0.167. The molecule has 1 saturated heterocycles. The number of halogens is 1. The molecule has 2 amide bonds. The summed E-state index contributed by atoms with van der Waals surface area (Å²) < 4.78 is 11.7. The van der Waals surface area contributed by atoms with E-state index >= 15 is 0 Å². The predicted octanol–water partition coefficient (Wildman–Crippen LogP) is 5.21. The van der Waals surface area contributed by atoms with Gasteiger partial charge in [-0.2, -0.15) is 5.26 Å². The first-order chi connectivity index (χ1) is 15.0. The summed E-state index contributed by atoms with van der Waals surface area (Å²) in [5, 5.41) is 8.93. The zero-order valence-electron chi connectivity index (χ0n) is 17.4. The Kier molecular flexibility index (Phi) is 7.83. The Morgan fingerprint density at radius 2 is 1.97 bits per heavy atom. The maximum Gasteiger partial charge on any atom is 0.289 e. The SMILES string of the molecule is CCCN1C(=O)S[C@@H](Cc2cc(Cl)c(OCc3ccccc3C#N)c(OCC)c2)C1=O. The number of carbonyl (C=O) groups excluding carboxylic acids is 2. The normalized spacial score (nSPS) is 15.8. The standard InChI is InChI=1S/C23H23ClN2O4S/c1-3-9-26-22(27)20(31-23(26)28)12-15-10-18(24)21(19(11-15)29-4-2)30-14-17-8-6-5-7-16(17)13-25/h5-8,10-11,20H,3-4,9,12,14H2,1-2H3/t20-/m0/s1. The maximum atomic E-state index is 12.6. The van der Waals surface area contributed by atoms with E-state index in [4.69, 9.17) is 21.1 Å². The summed E-state index contributed by atoms with van der Waals surface area (Å²) in [5.74, 6) is 0.681. The maximum absolute atomic E-state index is 12.6. The molecule has 1 atom stereocenters. The van der Waals surface area contributed by atoms with E-state index < -0.39 is 5.25 Å². The summed E-state index contributed by atoms with van der Waals surface area (Å²) in [6.07, 6.45) is 1.10. The molecular weight excluding hydrogens is 436 g/mol. The smallest absolute Gasteiger partial charge is 0.289 e. The molecule has 0 aliphatic carbocycles. The average molecular weight is 459 g/mol. The van der Waals surface area contributed by atoms with Gasteiger partial charge in [0.2, 0.25) is 5.91 Å². The predicted molar refractivity (Wildman–Crippen MR) is 121 cm³/mol. The van der Waals surface area contributed by atoms with Gasteiger partial charge in [0, 0.05) is 12.1 Å². The third kappa shape index (κ3) is 5.33. The average Bonchev–Trinajstić information content (AvgIpc) is 3.01. The van der Waals surface area contributed by atoms with Crippen LogP contribution in [0.25, 0.3) is 0 Å². The zero-order chi connectivity index (χ0) is 22.4. The van der Waals surface area contributed by atoms with Gasteiger partial charge in [-0.3, -0.25) is 14.5 Å². The molecule has 1 fully saturated rings.